The highest BCUT2D eigenvalue weighted by Crippen LogP contribution is 2.33. The fourth-order valence-corrected chi connectivity index (χ4v) is 2.39. The number of aromatic nitrogens is 4. The number of pyridine rings is 1. The number of hydrogen-bond acceptors (Lipinski definition) is 7. The minimum atomic E-state index is -0.460. The summed E-state index contributed by atoms with van der Waals surface area (Å²) in [5, 5.41) is 14.6. The molecule has 3 heterocycles. The number of azo groups is 1. The largest absolute Gasteiger partial charge is 0.371 e. The summed E-state index contributed by atoms with van der Waals surface area (Å²) in [6.07, 6.45) is 3.89. The molecule has 0 radical (unpaired) electrons. The first-order valence-electron chi connectivity index (χ1n) is 8.76. The number of nitrogens with zero attached hydrogens (tertiary/aromatic N) is 6. The van der Waals surface area contributed by atoms with E-state index in [9.17, 15) is 4.39 Å². The standard InChI is InChI=1S/C14H15FN8.C4H10/c1-7-9(21-18-3)4-5-10(19-7)11-8(15)6-23-12(11)13(17-2)20-14(16)22-23;1-3-4-2/h4-6H,1-3H3,(H3,16,17,20,22);3-4H2,1-2H3. The van der Waals surface area contributed by atoms with Crippen LogP contribution in [0.3, 0.4) is 0 Å². The van der Waals surface area contributed by atoms with Gasteiger partial charge >= 0.3 is 0 Å². The van der Waals surface area contributed by atoms with Crippen LogP contribution in [0, 0.1) is 12.7 Å². The van der Waals surface area contributed by atoms with Gasteiger partial charge in [-0.2, -0.15) is 15.2 Å². The first-order chi connectivity index (χ1) is 13.0. The molecule has 3 aromatic heterocycles. The SMILES string of the molecule is CCCC.CN=Nc1ccc(-c2c(F)cn3nc(N)nc(NC)c23)nc1C. The third-order valence-electron chi connectivity index (χ3n) is 3.86. The van der Waals surface area contributed by atoms with Gasteiger partial charge in [0.1, 0.15) is 11.2 Å². The topological polar surface area (TPSA) is 106 Å². The maximum Gasteiger partial charge on any atom is 0.240 e. The van der Waals surface area contributed by atoms with Crippen LogP contribution in [0.1, 0.15) is 32.4 Å². The Kier molecular flexibility index (Phi) is 6.75. The highest BCUT2D eigenvalue weighted by Gasteiger charge is 2.20. The molecule has 8 nitrogen and oxygen atoms in total. The van der Waals surface area contributed by atoms with Crippen LogP contribution in [0.15, 0.2) is 28.6 Å². The zero-order valence-electron chi connectivity index (χ0n) is 16.3. The molecule has 3 aromatic rings. The second-order valence-corrected chi connectivity index (χ2v) is 5.81. The summed E-state index contributed by atoms with van der Waals surface area (Å²) < 4.78 is 15.8. The molecular formula is C18H25FN8. The number of nitrogens with two attached hydrogens (primary N) is 1. The zero-order chi connectivity index (χ0) is 20.0. The van der Waals surface area contributed by atoms with E-state index in [1.807, 2.05) is 0 Å². The van der Waals surface area contributed by atoms with E-state index < -0.39 is 5.82 Å². The van der Waals surface area contributed by atoms with Gasteiger partial charge in [0.05, 0.1) is 23.1 Å². The Labute approximate surface area is 157 Å². The number of hydrogen-bond donors (Lipinski definition) is 2. The first-order valence-corrected chi connectivity index (χ1v) is 8.76. The van der Waals surface area contributed by atoms with E-state index in [0.29, 0.717) is 34.0 Å². The number of unbranched alkanes of at least 4 members (excludes halogenated alkanes) is 1. The molecule has 0 saturated heterocycles. The van der Waals surface area contributed by atoms with Gasteiger partial charge in [0.2, 0.25) is 5.95 Å². The van der Waals surface area contributed by atoms with Gasteiger partial charge < -0.3 is 11.1 Å². The second kappa shape index (κ2) is 9.02. The van der Waals surface area contributed by atoms with Crippen LogP contribution < -0.4 is 11.1 Å². The molecule has 3 rings (SSSR count). The molecular weight excluding hydrogens is 347 g/mol. The van der Waals surface area contributed by atoms with Crippen LogP contribution in [0.4, 0.5) is 21.8 Å². The number of rotatable bonds is 4. The third-order valence-corrected chi connectivity index (χ3v) is 3.86. The Hall–Kier alpha value is -3.10. The van der Waals surface area contributed by atoms with Gasteiger partial charge in [-0.3, -0.25) is 4.98 Å². The van der Waals surface area contributed by atoms with Gasteiger partial charge in [-0.1, -0.05) is 26.7 Å². The van der Waals surface area contributed by atoms with Crippen molar-refractivity contribution < 1.29 is 4.39 Å². The molecule has 0 saturated carbocycles. The smallest absolute Gasteiger partial charge is 0.240 e. The molecule has 0 unspecified atom stereocenters. The van der Waals surface area contributed by atoms with Gasteiger partial charge in [-0.25, -0.2) is 8.91 Å². The molecule has 0 aliphatic rings. The number of nitrogens with one attached hydrogen (secondary N) is 1. The summed E-state index contributed by atoms with van der Waals surface area (Å²) >= 11 is 0. The summed E-state index contributed by atoms with van der Waals surface area (Å²) in [4.78, 5) is 8.52. The van der Waals surface area contributed by atoms with Crippen molar-refractivity contribution in [3.63, 3.8) is 0 Å². The zero-order valence-corrected chi connectivity index (χ0v) is 16.3. The lowest BCUT2D eigenvalue weighted by Gasteiger charge is -2.07. The van der Waals surface area contributed by atoms with Crippen molar-refractivity contribution in [2.45, 2.75) is 33.6 Å². The quantitative estimate of drug-likeness (QED) is 0.661. The van der Waals surface area contributed by atoms with E-state index in [4.69, 9.17) is 5.73 Å². The van der Waals surface area contributed by atoms with Crippen molar-refractivity contribution in [1.82, 2.24) is 19.6 Å². The lowest BCUT2D eigenvalue weighted by molar-refractivity contribution is 0.628. The normalized spacial score (nSPS) is 10.9. The molecule has 144 valence electrons. The van der Waals surface area contributed by atoms with E-state index >= 15 is 0 Å². The molecule has 0 spiro atoms. The molecule has 27 heavy (non-hydrogen) atoms. The summed E-state index contributed by atoms with van der Waals surface area (Å²) in [6.45, 7) is 6.15. The van der Waals surface area contributed by atoms with Crippen LogP contribution in [0.25, 0.3) is 16.8 Å². The highest BCUT2D eigenvalue weighted by molar-refractivity contribution is 5.88. The van der Waals surface area contributed by atoms with E-state index in [1.54, 1.807) is 33.2 Å². The fraction of sp³-hybridized carbons (Fsp3) is 0.389. The molecule has 9 heteroatoms. The molecule has 0 bridgehead atoms. The highest BCUT2D eigenvalue weighted by atomic mass is 19.1. The van der Waals surface area contributed by atoms with Gasteiger partial charge in [-0.05, 0) is 19.1 Å². The van der Waals surface area contributed by atoms with Crippen molar-refractivity contribution in [3.05, 3.63) is 29.8 Å². The monoisotopic (exact) mass is 372 g/mol. The molecule has 0 fully saturated rings. The van der Waals surface area contributed by atoms with Crippen molar-refractivity contribution in [1.29, 1.82) is 0 Å². The molecule has 0 amide bonds. The molecule has 0 atom stereocenters. The Morgan fingerprint density at radius 1 is 1.22 bits per heavy atom. The van der Waals surface area contributed by atoms with Crippen LogP contribution in [0.5, 0.6) is 0 Å². The van der Waals surface area contributed by atoms with Gasteiger partial charge in [0.25, 0.3) is 0 Å². The molecule has 0 aliphatic carbocycles. The average Bonchev–Trinajstić information content (AvgIpc) is 2.98. The fourth-order valence-electron chi connectivity index (χ4n) is 2.39. The number of aryl methyl sites for hydroxylation is 1. The van der Waals surface area contributed by atoms with E-state index in [0.717, 1.165) is 0 Å². The summed E-state index contributed by atoms with van der Waals surface area (Å²) in [5.74, 6) is 0.0117. The number of halogens is 1. The van der Waals surface area contributed by atoms with E-state index in [-0.39, 0.29) is 5.95 Å². The van der Waals surface area contributed by atoms with Gasteiger partial charge in [0, 0.05) is 14.1 Å². The van der Waals surface area contributed by atoms with Gasteiger partial charge in [0.15, 0.2) is 11.6 Å². The lowest BCUT2D eigenvalue weighted by atomic mass is 10.1. The number of anilines is 2. The predicted molar refractivity (Wildman–Crippen MR) is 106 cm³/mol. The average molecular weight is 372 g/mol. The predicted octanol–water partition coefficient (Wildman–Crippen LogP) is 4.38. The minimum Gasteiger partial charge on any atom is -0.371 e. The Balaban J connectivity index is 0.000000596. The molecule has 3 N–H and O–H groups in total. The van der Waals surface area contributed by atoms with E-state index in [1.165, 1.54) is 23.6 Å². The van der Waals surface area contributed by atoms with E-state index in [2.05, 4.69) is 44.5 Å². The van der Waals surface area contributed by atoms with Crippen LogP contribution in [-0.2, 0) is 0 Å². The van der Waals surface area contributed by atoms with Crippen LogP contribution >= 0.6 is 0 Å². The molecule has 0 aromatic carbocycles. The first kappa shape index (κ1) is 20.2. The summed E-state index contributed by atoms with van der Waals surface area (Å²) in [6, 6.07) is 3.43. The van der Waals surface area contributed by atoms with Crippen LogP contribution in [0.2, 0.25) is 0 Å². The number of fused-ring (bicyclic) bond motifs is 1. The lowest BCUT2D eigenvalue weighted by Crippen LogP contribution is -2.05. The summed E-state index contributed by atoms with van der Waals surface area (Å²) in [5.41, 5.74) is 8.15. The minimum absolute atomic E-state index is 0.0474. The summed E-state index contributed by atoms with van der Waals surface area (Å²) in [7, 11) is 3.26. The van der Waals surface area contributed by atoms with Crippen molar-refractivity contribution in [2.75, 3.05) is 25.1 Å². The maximum atomic E-state index is 14.5. The Morgan fingerprint density at radius 3 is 2.48 bits per heavy atom. The van der Waals surface area contributed by atoms with Crippen molar-refractivity contribution in [2.24, 2.45) is 10.2 Å². The third kappa shape index (κ3) is 4.36. The van der Waals surface area contributed by atoms with Gasteiger partial charge in [-0.15, -0.1) is 5.10 Å². The van der Waals surface area contributed by atoms with Crippen molar-refractivity contribution >= 4 is 23.0 Å². The second-order valence-electron chi connectivity index (χ2n) is 5.81. The number of nitrogen functional groups attached to an aromatic ring is 1. The Morgan fingerprint density at radius 2 is 1.93 bits per heavy atom. The van der Waals surface area contributed by atoms with Crippen LogP contribution in [-0.4, -0.2) is 33.7 Å². The Bertz CT molecular complexity index is 946. The maximum absolute atomic E-state index is 14.5. The van der Waals surface area contributed by atoms with Crippen molar-refractivity contribution in [3.8, 4) is 11.3 Å². The molecule has 0 aliphatic heterocycles.